The van der Waals surface area contributed by atoms with Crippen LogP contribution < -0.4 is 5.32 Å². The van der Waals surface area contributed by atoms with E-state index in [0.29, 0.717) is 24.7 Å². The molecular weight excluding hydrogens is 272 g/mol. The molecule has 2 fully saturated rings. The van der Waals surface area contributed by atoms with Crippen molar-refractivity contribution < 1.29 is 5.11 Å². The maximum absolute atomic E-state index is 9.71. The number of hydrogen-bond donors (Lipinski definition) is 2. The lowest BCUT2D eigenvalue weighted by Crippen LogP contribution is -2.47. The van der Waals surface area contributed by atoms with Gasteiger partial charge in [-0.15, -0.1) is 0 Å². The SMILES string of the molecule is CC(c1ccccc1)N1CCC(NC2CCCC2(C)CO)C1. The molecule has 0 spiro atoms. The third kappa shape index (κ3) is 3.22. The Morgan fingerprint density at radius 3 is 2.82 bits per heavy atom. The van der Waals surface area contributed by atoms with E-state index in [-0.39, 0.29) is 5.41 Å². The molecule has 1 aliphatic heterocycles. The van der Waals surface area contributed by atoms with Crippen LogP contribution in [0.5, 0.6) is 0 Å². The third-order valence-corrected chi connectivity index (χ3v) is 5.93. The number of nitrogens with one attached hydrogen (secondary N) is 1. The van der Waals surface area contributed by atoms with Crippen LogP contribution in [0.4, 0.5) is 0 Å². The largest absolute Gasteiger partial charge is 0.396 e. The maximum Gasteiger partial charge on any atom is 0.0499 e. The molecule has 1 saturated heterocycles. The van der Waals surface area contributed by atoms with E-state index in [1.165, 1.54) is 24.8 Å². The lowest BCUT2D eigenvalue weighted by Gasteiger charge is -2.33. The van der Waals surface area contributed by atoms with Gasteiger partial charge in [-0.2, -0.15) is 0 Å². The van der Waals surface area contributed by atoms with Crippen LogP contribution in [0, 0.1) is 5.41 Å². The molecule has 22 heavy (non-hydrogen) atoms. The predicted octanol–water partition coefficient (Wildman–Crippen LogP) is 2.96. The molecule has 1 saturated carbocycles. The normalized spacial score (nSPS) is 34.1. The summed E-state index contributed by atoms with van der Waals surface area (Å²) in [5.41, 5.74) is 1.49. The van der Waals surface area contributed by atoms with Gasteiger partial charge in [-0.05, 0) is 31.7 Å². The van der Waals surface area contributed by atoms with E-state index in [1.54, 1.807) is 0 Å². The number of nitrogens with zero attached hydrogens (tertiary/aromatic N) is 1. The fraction of sp³-hybridized carbons (Fsp3) is 0.684. The zero-order valence-electron chi connectivity index (χ0n) is 14.0. The molecule has 3 rings (SSSR count). The Balaban J connectivity index is 1.56. The summed E-state index contributed by atoms with van der Waals surface area (Å²) >= 11 is 0. The van der Waals surface area contributed by atoms with Crippen molar-refractivity contribution in [1.29, 1.82) is 0 Å². The molecule has 1 heterocycles. The Hall–Kier alpha value is -0.900. The molecular formula is C19H30N2O. The van der Waals surface area contributed by atoms with Crippen LogP contribution in [0.1, 0.15) is 51.1 Å². The molecule has 0 bridgehead atoms. The molecule has 0 amide bonds. The minimum atomic E-state index is 0.0818. The maximum atomic E-state index is 9.71. The second-order valence-electron chi connectivity index (χ2n) is 7.49. The zero-order chi connectivity index (χ0) is 15.6. The van der Waals surface area contributed by atoms with Crippen LogP contribution in [0.2, 0.25) is 0 Å². The molecule has 2 aliphatic rings. The quantitative estimate of drug-likeness (QED) is 0.878. The van der Waals surface area contributed by atoms with Gasteiger partial charge in [0.2, 0.25) is 0 Å². The number of hydrogen-bond acceptors (Lipinski definition) is 3. The van der Waals surface area contributed by atoms with Crippen molar-refractivity contribution in [1.82, 2.24) is 10.2 Å². The first kappa shape index (κ1) is 16.0. The van der Waals surface area contributed by atoms with Gasteiger partial charge in [0.25, 0.3) is 0 Å². The van der Waals surface area contributed by atoms with E-state index in [9.17, 15) is 5.11 Å². The van der Waals surface area contributed by atoms with Gasteiger partial charge in [-0.3, -0.25) is 4.90 Å². The van der Waals surface area contributed by atoms with E-state index >= 15 is 0 Å². The van der Waals surface area contributed by atoms with Crippen molar-refractivity contribution >= 4 is 0 Å². The van der Waals surface area contributed by atoms with Gasteiger partial charge in [0.1, 0.15) is 0 Å². The van der Waals surface area contributed by atoms with Crippen molar-refractivity contribution in [3.8, 4) is 0 Å². The molecule has 1 aliphatic carbocycles. The van der Waals surface area contributed by atoms with Crippen LogP contribution in [0.15, 0.2) is 30.3 Å². The van der Waals surface area contributed by atoms with E-state index < -0.39 is 0 Å². The van der Waals surface area contributed by atoms with Gasteiger partial charge in [0, 0.05) is 43.2 Å². The highest BCUT2D eigenvalue weighted by molar-refractivity contribution is 5.18. The highest BCUT2D eigenvalue weighted by Crippen LogP contribution is 2.38. The Labute approximate surface area is 134 Å². The number of likely N-dealkylation sites (tertiary alicyclic amines) is 1. The minimum absolute atomic E-state index is 0.0818. The van der Waals surface area contributed by atoms with Crippen molar-refractivity contribution in [2.75, 3.05) is 19.7 Å². The minimum Gasteiger partial charge on any atom is -0.396 e. The summed E-state index contributed by atoms with van der Waals surface area (Å²) in [4.78, 5) is 2.58. The number of rotatable bonds is 5. The van der Waals surface area contributed by atoms with Crippen LogP contribution in [0.25, 0.3) is 0 Å². The number of aliphatic hydroxyl groups excluding tert-OH is 1. The monoisotopic (exact) mass is 302 g/mol. The molecule has 1 aromatic rings. The molecule has 0 aromatic heterocycles. The molecule has 3 heteroatoms. The first-order valence-corrected chi connectivity index (χ1v) is 8.78. The summed E-state index contributed by atoms with van der Waals surface area (Å²) in [6, 6.07) is 12.3. The highest BCUT2D eigenvalue weighted by atomic mass is 16.3. The van der Waals surface area contributed by atoms with Crippen molar-refractivity contribution in [2.45, 2.75) is 57.7 Å². The van der Waals surface area contributed by atoms with Gasteiger partial charge in [-0.25, -0.2) is 0 Å². The standard InChI is InChI=1S/C19H30N2O/c1-15(16-7-4-3-5-8-16)21-12-10-17(13-21)20-18-9-6-11-19(18,2)14-22/h3-5,7-8,15,17-18,20,22H,6,9-14H2,1-2H3. The van der Waals surface area contributed by atoms with Gasteiger partial charge in [-0.1, -0.05) is 43.7 Å². The van der Waals surface area contributed by atoms with Crippen molar-refractivity contribution in [3.63, 3.8) is 0 Å². The summed E-state index contributed by atoms with van der Waals surface area (Å²) in [5.74, 6) is 0. The van der Waals surface area contributed by atoms with Gasteiger partial charge >= 0.3 is 0 Å². The third-order valence-electron chi connectivity index (χ3n) is 5.93. The smallest absolute Gasteiger partial charge is 0.0499 e. The van der Waals surface area contributed by atoms with Crippen LogP contribution >= 0.6 is 0 Å². The second-order valence-corrected chi connectivity index (χ2v) is 7.49. The lowest BCUT2D eigenvalue weighted by atomic mass is 9.85. The van der Waals surface area contributed by atoms with Crippen LogP contribution in [-0.4, -0.2) is 41.8 Å². The zero-order valence-corrected chi connectivity index (χ0v) is 14.0. The molecule has 4 unspecified atom stereocenters. The summed E-state index contributed by atoms with van der Waals surface area (Å²) < 4.78 is 0. The summed E-state index contributed by atoms with van der Waals surface area (Å²) in [6.07, 6.45) is 4.82. The highest BCUT2D eigenvalue weighted by Gasteiger charge is 2.40. The van der Waals surface area contributed by atoms with Gasteiger partial charge < -0.3 is 10.4 Å². The number of aliphatic hydroxyl groups is 1. The number of benzene rings is 1. The van der Waals surface area contributed by atoms with E-state index in [0.717, 1.165) is 19.5 Å². The molecule has 1 aromatic carbocycles. The first-order valence-electron chi connectivity index (χ1n) is 8.78. The molecule has 0 radical (unpaired) electrons. The Morgan fingerprint density at radius 2 is 2.09 bits per heavy atom. The fourth-order valence-corrected chi connectivity index (χ4v) is 4.21. The topological polar surface area (TPSA) is 35.5 Å². The predicted molar refractivity (Wildman–Crippen MR) is 90.8 cm³/mol. The van der Waals surface area contributed by atoms with E-state index in [1.807, 2.05) is 0 Å². The van der Waals surface area contributed by atoms with Gasteiger partial charge in [0.05, 0.1) is 0 Å². The van der Waals surface area contributed by atoms with Gasteiger partial charge in [0.15, 0.2) is 0 Å². The average molecular weight is 302 g/mol. The Bertz CT molecular complexity index is 478. The average Bonchev–Trinajstić information content (AvgIpc) is 3.16. The lowest BCUT2D eigenvalue weighted by molar-refractivity contribution is 0.113. The second kappa shape index (κ2) is 6.69. The van der Waals surface area contributed by atoms with Crippen LogP contribution in [-0.2, 0) is 0 Å². The summed E-state index contributed by atoms with van der Waals surface area (Å²) in [7, 11) is 0. The Kier molecular flexibility index (Phi) is 4.86. The molecule has 122 valence electrons. The van der Waals surface area contributed by atoms with E-state index in [4.69, 9.17) is 0 Å². The summed E-state index contributed by atoms with van der Waals surface area (Å²) in [5, 5.41) is 13.6. The first-order chi connectivity index (χ1) is 10.6. The Morgan fingerprint density at radius 1 is 1.32 bits per heavy atom. The molecule has 2 N–H and O–H groups in total. The molecule has 4 atom stereocenters. The van der Waals surface area contributed by atoms with Crippen molar-refractivity contribution in [3.05, 3.63) is 35.9 Å². The summed E-state index contributed by atoms with van der Waals surface area (Å²) in [6.45, 7) is 7.13. The van der Waals surface area contributed by atoms with Crippen molar-refractivity contribution in [2.24, 2.45) is 5.41 Å². The fourth-order valence-electron chi connectivity index (χ4n) is 4.21. The van der Waals surface area contributed by atoms with E-state index in [2.05, 4.69) is 54.4 Å². The molecule has 3 nitrogen and oxygen atoms in total. The van der Waals surface area contributed by atoms with Crippen LogP contribution in [0.3, 0.4) is 0 Å².